The normalized spacial score (nSPS) is 30.0. The van der Waals surface area contributed by atoms with E-state index in [0.29, 0.717) is 6.42 Å². The number of rotatable bonds is 4. The van der Waals surface area contributed by atoms with Crippen molar-refractivity contribution >= 4 is 23.8 Å². The van der Waals surface area contributed by atoms with Crippen molar-refractivity contribution in [2.45, 2.75) is 65.4 Å². The molecule has 0 heterocycles. The van der Waals surface area contributed by atoms with Gasteiger partial charge in [0.2, 0.25) is 5.91 Å². The van der Waals surface area contributed by atoms with Gasteiger partial charge in [-0.2, -0.15) is 0 Å². The number of hydrogen-bond donors (Lipinski definition) is 1. The molecular weight excluding hydrogens is 306 g/mol. The largest absolute Gasteiger partial charge is 0.458 e. The first-order valence-corrected chi connectivity index (χ1v) is 7.40. The highest BCUT2D eigenvalue weighted by Crippen LogP contribution is 2.32. The molecule has 0 bridgehead atoms. The third kappa shape index (κ3) is 5.54. The predicted octanol–water partition coefficient (Wildman–Crippen LogP) is 0.326. The van der Waals surface area contributed by atoms with Crippen LogP contribution in [0.3, 0.4) is 0 Å². The van der Waals surface area contributed by atoms with E-state index in [2.05, 4.69) is 5.32 Å². The highest BCUT2D eigenvalue weighted by atomic mass is 16.6. The highest BCUT2D eigenvalue weighted by Gasteiger charge is 2.49. The van der Waals surface area contributed by atoms with Gasteiger partial charge in [0.1, 0.15) is 6.10 Å². The van der Waals surface area contributed by atoms with Crippen LogP contribution in [0.2, 0.25) is 0 Å². The fourth-order valence-corrected chi connectivity index (χ4v) is 2.85. The number of carbonyl (C=O) groups excluding carboxylic acids is 4. The van der Waals surface area contributed by atoms with Gasteiger partial charge in [-0.1, -0.05) is 6.92 Å². The van der Waals surface area contributed by atoms with E-state index >= 15 is 0 Å². The second-order valence-electron chi connectivity index (χ2n) is 5.74. The summed E-state index contributed by atoms with van der Waals surface area (Å²) in [6.07, 6.45) is -2.26. The molecule has 23 heavy (non-hydrogen) atoms. The molecule has 1 fully saturated rings. The van der Waals surface area contributed by atoms with Crippen molar-refractivity contribution in [1.29, 1.82) is 0 Å². The van der Waals surface area contributed by atoms with Gasteiger partial charge in [0, 0.05) is 27.7 Å². The molecule has 0 aromatic carbocycles. The Morgan fingerprint density at radius 3 is 1.65 bits per heavy atom. The summed E-state index contributed by atoms with van der Waals surface area (Å²) in [6.45, 7) is 6.83. The van der Waals surface area contributed by atoms with Crippen molar-refractivity contribution in [3.63, 3.8) is 0 Å². The molecule has 5 atom stereocenters. The molecule has 130 valence electrons. The molecule has 0 unspecified atom stereocenters. The lowest BCUT2D eigenvalue weighted by atomic mass is 9.80. The minimum atomic E-state index is -0.985. The Hall–Kier alpha value is -2.12. The Bertz CT molecular complexity index is 490. The highest BCUT2D eigenvalue weighted by molar-refractivity contribution is 5.73. The molecule has 1 N–H and O–H groups in total. The maximum Gasteiger partial charge on any atom is 0.303 e. The molecule has 1 aliphatic carbocycles. The maximum atomic E-state index is 11.4. The van der Waals surface area contributed by atoms with Crippen LogP contribution in [-0.4, -0.2) is 48.2 Å². The van der Waals surface area contributed by atoms with Crippen molar-refractivity contribution in [3.8, 4) is 0 Å². The summed E-state index contributed by atoms with van der Waals surface area (Å²) in [6, 6.07) is -0.539. The summed E-state index contributed by atoms with van der Waals surface area (Å²) in [7, 11) is 0. The monoisotopic (exact) mass is 329 g/mol. The lowest BCUT2D eigenvalue weighted by molar-refractivity contribution is -0.199. The summed E-state index contributed by atoms with van der Waals surface area (Å²) in [5.74, 6) is -2.21. The molecule has 0 saturated heterocycles. The first-order valence-electron chi connectivity index (χ1n) is 7.40. The molecule has 0 aromatic rings. The van der Waals surface area contributed by atoms with E-state index in [1.807, 2.05) is 6.92 Å². The van der Waals surface area contributed by atoms with Gasteiger partial charge in [0.25, 0.3) is 0 Å². The van der Waals surface area contributed by atoms with Crippen molar-refractivity contribution in [2.75, 3.05) is 0 Å². The van der Waals surface area contributed by atoms with E-state index in [9.17, 15) is 19.2 Å². The van der Waals surface area contributed by atoms with Crippen LogP contribution in [0.5, 0.6) is 0 Å². The third-order valence-electron chi connectivity index (χ3n) is 3.53. The number of esters is 3. The van der Waals surface area contributed by atoms with Crippen molar-refractivity contribution in [1.82, 2.24) is 5.32 Å². The molecule has 0 radical (unpaired) electrons. The number of amides is 1. The molecule has 8 nitrogen and oxygen atoms in total. The van der Waals surface area contributed by atoms with Crippen molar-refractivity contribution in [2.24, 2.45) is 5.92 Å². The summed E-state index contributed by atoms with van der Waals surface area (Å²) in [5.41, 5.74) is 0. The number of ether oxygens (including phenoxy) is 3. The van der Waals surface area contributed by atoms with Gasteiger partial charge >= 0.3 is 17.9 Å². The van der Waals surface area contributed by atoms with Crippen LogP contribution in [0, 0.1) is 5.92 Å². The van der Waals surface area contributed by atoms with E-state index in [1.54, 1.807) is 0 Å². The van der Waals surface area contributed by atoms with Crippen LogP contribution < -0.4 is 5.32 Å². The van der Waals surface area contributed by atoms with Gasteiger partial charge in [0.15, 0.2) is 12.2 Å². The molecule has 0 spiro atoms. The van der Waals surface area contributed by atoms with Gasteiger partial charge < -0.3 is 19.5 Å². The predicted molar refractivity (Wildman–Crippen MR) is 78.0 cm³/mol. The average Bonchev–Trinajstić information content (AvgIpc) is 2.36. The summed E-state index contributed by atoms with van der Waals surface area (Å²) < 4.78 is 15.8. The van der Waals surface area contributed by atoms with Gasteiger partial charge in [-0.25, -0.2) is 0 Å². The maximum absolute atomic E-state index is 11.4. The minimum absolute atomic E-state index is 0.202. The lowest BCUT2D eigenvalue weighted by Gasteiger charge is -2.43. The van der Waals surface area contributed by atoms with Crippen LogP contribution in [0.15, 0.2) is 0 Å². The SMILES string of the molecule is CC(=O)N[C@H]1C[C@H](C)[C@H](OC(C)=O)[C@H](OC(C)=O)[C@H]1OC(C)=O. The van der Waals surface area contributed by atoms with Gasteiger partial charge in [-0.05, 0) is 12.3 Å². The van der Waals surface area contributed by atoms with Crippen LogP contribution in [-0.2, 0) is 33.4 Å². The Morgan fingerprint density at radius 1 is 0.783 bits per heavy atom. The number of hydrogen-bond acceptors (Lipinski definition) is 7. The first kappa shape index (κ1) is 18.9. The van der Waals surface area contributed by atoms with Crippen LogP contribution in [0.1, 0.15) is 41.0 Å². The third-order valence-corrected chi connectivity index (χ3v) is 3.53. The van der Waals surface area contributed by atoms with E-state index < -0.39 is 42.3 Å². The van der Waals surface area contributed by atoms with Crippen LogP contribution in [0.25, 0.3) is 0 Å². The second-order valence-corrected chi connectivity index (χ2v) is 5.74. The van der Waals surface area contributed by atoms with E-state index in [4.69, 9.17) is 14.2 Å². The molecule has 8 heteroatoms. The molecule has 0 aromatic heterocycles. The van der Waals surface area contributed by atoms with E-state index in [-0.39, 0.29) is 11.8 Å². The Morgan fingerprint density at radius 2 is 1.22 bits per heavy atom. The average molecular weight is 329 g/mol. The zero-order valence-corrected chi connectivity index (χ0v) is 14.0. The van der Waals surface area contributed by atoms with Gasteiger partial charge in [-0.3, -0.25) is 19.2 Å². The molecule has 1 amide bonds. The summed E-state index contributed by atoms with van der Waals surface area (Å²) in [5, 5.41) is 2.70. The zero-order valence-electron chi connectivity index (χ0n) is 14.0. The van der Waals surface area contributed by atoms with Gasteiger partial charge in [0.05, 0.1) is 6.04 Å². The van der Waals surface area contributed by atoms with E-state index in [0.717, 1.165) is 0 Å². The van der Waals surface area contributed by atoms with Crippen molar-refractivity contribution in [3.05, 3.63) is 0 Å². The van der Waals surface area contributed by atoms with E-state index in [1.165, 1.54) is 27.7 Å². The zero-order chi connectivity index (χ0) is 17.7. The number of nitrogens with one attached hydrogen (secondary N) is 1. The number of carbonyl (C=O) groups is 4. The fraction of sp³-hybridized carbons (Fsp3) is 0.733. The Kier molecular flexibility index (Phi) is 6.53. The quantitative estimate of drug-likeness (QED) is 0.584. The minimum Gasteiger partial charge on any atom is -0.458 e. The van der Waals surface area contributed by atoms with Crippen LogP contribution in [0.4, 0.5) is 0 Å². The molecule has 1 aliphatic rings. The van der Waals surface area contributed by atoms with Crippen LogP contribution >= 0.6 is 0 Å². The Balaban J connectivity index is 3.15. The Labute approximate surface area is 134 Å². The second kappa shape index (κ2) is 7.94. The fourth-order valence-electron chi connectivity index (χ4n) is 2.85. The molecule has 0 aliphatic heterocycles. The summed E-state index contributed by atoms with van der Waals surface area (Å²) in [4.78, 5) is 45.6. The molecule has 1 rings (SSSR count). The molecule has 1 saturated carbocycles. The molecular formula is C15H23NO7. The smallest absolute Gasteiger partial charge is 0.303 e. The topological polar surface area (TPSA) is 108 Å². The first-order chi connectivity index (χ1) is 10.6. The summed E-state index contributed by atoms with van der Waals surface area (Å²) >= 11 is 0. The lowest BCUT2D eigenvalue weighted by Crippen LogP contribution is -2.61. The van der Waals surface area contributed by atoms with Crippen molar-refractivity contribution < 1.29 is 33.4 Å². The standard InChI is InChI=1S/C15H23NO7/c1-7-6-12(16-8(2)17)14(22-10(4)19)15(23-11(5)20)13(7)21-9(3)18/h7,12-15H,6H2,1-5H3,(H,16,17)/t7-,12-,13-,14-,15-/m0/s1. The van der Waals surface area contributed by atoms with Gasteiger partial charge in [-0.15, -0.1) is 0 Å².